The molecule has 1 nitrogen and oxygen atoms in total. The van der Waals surface area contributed by atoms with E-state index in [1.165, 1.54) is 6.42 Å². The third-order valence-electron chi connectivity index (χ3n) is 0.840. The van der Waals surface area contributed by atoms with Crippen LogP contribution in [0.1, 0.15) is 20.3 Å². The van der Waals surface area contributed by atoms with Crippen molar-refractivity contribution in [1.29, 1.82) is 0 Å². The lowest BCUT2D eigenvalue weighted by Crippen LogP contribution is -2.22. The van der Waals surface area contributed by atoms with E-state index >= 15 is 0 Å². The highest BCUT2D eigenvalue weighted by Crippen LogP contribution is 2.10. The lowest BCUT2D eigenvalue weighted by atomic mass is 10.5. The summed E-state index contributed by atoms with van der Waals surface area (Å²) in [4.78, 5) is 0. The van der Waals surface area contributed by atoms with Crippen molar-refractivity contribution in [2.45, 2.75) is 25.6 Å². The third-order valence-corrected chi connectivity index (χ3v) is 2.27. The van der Waals surface area contributed by atoms with Gasteiger partial charge in [-0.1, -0.05) is 17.7 Å². The molecule has 0 heterocycles. The maximum absolute atomic E-state index is 4.04. The zero-order chi connectivity index (χ0) is 6.41. The Balaban J connectivity index is 2.86. The van der Waals surface area contributed by atoms with Gasteiger partial charge in [-0.3, -0.25) is 0 Å². The predicted octanol–water partition coefficient (Wildman–Crippen LogP) is 1.91. The van der Waals surface area contributed by atoms with Crippen molar-refractivity contribution in [1.82, 2.24) is 5.32 Å². The van der Waals surface area contributed by atoms with Gasteiger partial charge < -0.3 is 5.32 Å². The Hall–Kier alpha value is 0.660. The van der Waals surface area contributed by atoms with Crippen molar-refractivity contribution in [3.63, 3.8) is 0 Å². The molecule has 0 aromatic carbocycles. The summed E-state index contributed by atoms with van der Waals surface area (Å²) >= 11 is 4.04. The van der Waals surface area contributed by atoms with E-state index in [0.717, 1.165) is 6.54 Å². The van der Waals surface area contributed by atoms with Crippen molar-refractivity contribution in [2.75, 3.05) is 6.54 Å². The van der Waals surface area contributed by atoms with Crippen LogP contribution in [-0.2, 0) is 0 Å². The molecule has 0 aliphatic carbocycles. The summed E-state index contributed by atoms with van der Waals surface area (Å²) in [6.07, 6.45) is 1.19. The fraction of sp³-hybridized carbons (Fsp3) is 1.00. The average molecular weight is 151 g/mol. The van der Waals surface area contributed by atoms with Gasteiger partial charge in [0.2, 0.25) is 0 Å². The molecule has 1 unspecified atom stereocenters. The molecule has 1 atom stereocenters. The second kappa shape index (κ2) is 5.79. The Morgan fingerprint density at radius 3 is 2.75 bits per heavy atom. The maximum Gasteiger partial charge on any atom is 0.0605 e. The van der Waals surface area contributed by atoms with E-state index < -0.39 is 0 Å². The van der Waals surface area contributed by atoms with Crippen LogP contribution in [0.5, 0.6) is 0 Å². The van der Waals surface area contributed by atoms with Crippen LogP contribution in [0.25, 0.3) is 0 Å². The van der Waals surface area contributed by atoms with Crippen molar-refractivity contribution in [3.8, 4) is 0 Å². The molecular weight excluding hydrogens is 138 g/mol. The normalized spacial score (nSPS) is 13.9. The SMILES string of the molecule is CCCNC(C)SS. The van der Waals surface area contributed by atoms with Gasteiger partial charge in [0.25, 0.3) is 0 Å². The molecule has 1 N–H and O–H groups in total. The molecule has 0 radical (unpaired) electrons. The van der Waals surface area contributed by atoms with E-state index in [0.29, 0.717) is 5.37 Å². The van der Waals surface area contributed by atoms with Gasteiger partial charge in [0.05, 0.1) is 5.37 Å². The molecule has 3 heteroatoms. The summed E-state index contributed by atoms with van der Waals surface area (Å²) < 4.78 is 0. The number of nitrogens with one attached hydrogen (secondary N) is 1. The molecule has 0 amide bonds. The van der Waals surface area contributed by atoms with Gasteiger partial charge >= 0.3 is 0 Å². The van der Waals surface area contributed by atoms with Crippen LogP contribution in [0.4, 0.5) is 0 Å². The summed E-state index contributed by atoms with van der Waals surface area (Å²) in [7, 11) is 1.55. The molecule has 0 saturated heterocycles. The molecule has 0 saturated carbocycles. The van der Waals surface area contributed by atoms with E-state index in [9.17, 15) is 0 Å². The molecule has 50 valence electrons. The minimum absolute atomic E-state index is 0.485. The summed E-state index contributed by atoms with van der Waals surface area (Å²) in [5, 5.41) is 3.75. The molecule has 0 spiro atoms. The van der Waals surface area contributed by atoms with E-state index in [1.807, 2.05) is 0 Å². The van der Waals surface area contributed by atoms with Crippen LogP contribution in [0, 0.1) is 0 Å². The largest absolute Gasteiger partial charge is 0.305 e. The third kappa shape index (κ3) is 4.81. The van der Waals surface area contributed by atoms with E-state index in [4.69, 9.17) is 0 Å². The van der Waals surface area contributed by atoms with E-state index in [1.54, 1.807) is 10.8 Å². The van der Waals surface area contributed by atoms with Crippen molar-refractivity contribution in [2.24, 2.45) is 0 Å². The lowest BCUT2D eigenvalue weighted by Gasteiger charge is -2.06. The Bertz CT molecular complexity index is 49.7. The summed E-state index contributed by atoms with van der Waals surface area (Å²) in [6.45, 7) is 5.35. The first-order valence-electron chi connectivity index (χ1n) is 2.84. The minimum atomic E-state index is 0.485. The molecule has 0 rings (SSSR count). The maximum atomic E-state index is 4.04. The first kappa shape index (κ1) is 8.66. The van der Waals surface area contributed by atoms with E-state index in [-0.39, 0.29) is 0 Å². The quantitative estimate of drug-likeness (QED) is 0.362. The Labute approximate surface area is 60.4 Å². The van der Waals surface area contributed by atoms with Crippen LogP contribution < -0.4 is 5.32 Å². The molecule has 0 bridgehead atoms. The van der Waals surface area contributed by atoms with E-state index in [2.05, 4.69) is 30.8 Å². The molecule has 0 aliphatic rings. The van der Waals surface area contributed by atoms with Crippen LogP contribution >= 0.6 is 22.5 Å². The topological polar surface area (TPSA) is 12.0 Å². The number of rotatable bonds is 4. The number of hydrogen-bond acceptors (Lipinski definition) is 3. The zero-order valence-electron chi connectivity index (χ0n) is 5.35. The van der Waals surface area contributed by atoms with Crippen LogP contribution in [-0.4, -0.2) is 11.9 Å². The van der Waals surface area contributed by atoms with Gasteiger partial charge in [-0.2, -0.15) is 0 Å². The molecule has 0 aromatic rings. The summed E-state index contributed by atoms with van der Waals surface area (Å²) in [5.74, 6) is 0. The number of hydrogen-bond donors (Lipinski definition) is 2. The highest BCUT2D eigenvalue weighted by Gasteiger charge is 1.93. The smallest absolute Gasteiger partial charge is 0.0605 e. The van der Waals surface area contributed by atoms with Crippen molar-refractivity contribution in [3.05, 3.63) is 0 Å². The average Bonchev–Trinajstić information content (AvgIpc) is 1.83. The van der Waals surface area contributed by atoms with Gasteiger partial charge in [0, 0.05) is 0 Å². The van der Waals surface area contributed by atoms with Gasteiger partial charge in [0.15, 0.2) is 0 Å². The van der Waals surface area contributed by atoms with Crippen molar-refractivity contribution >= 4 is 22.5 Å². The van der Waals surface area contributed by atoms with Crippen LogP contribution in [0.2, 0.25) is 0 Å². The fourth-order valence-electron chi connectivity index (χ4n) is 0.385. The minimum Gasteiger partial charge on any atom is -0.305 e. The standard InChI is InChI=1S/C5H13NS2/c1-3-4-6-5(2)8-7/h5-7H,3-4H2,1-2H3. The van der Waals surface area contributed by atoms with Gasteiger partial charge in [-0.05, 0) is 19.9 Å². The Morgan fingerprint density at radius 1 is 1.75 bits per heavy atom. The monoisotopic (exact) mass is 151 g/mol. The summed E-state index contributed by atoms with van der Waals surface area (Å²) in [5.41, 5.74) is 0. The Kier molecular flexibility index (Phi) is 6.27. The molecule has 0 fully saturated rings. The molecule has 0 aromatic heterocycles. The molecule has 8 heavy (non-hydrogen) atoms. The number of thiol groups is 1. The predicted molar refractivity (Wildman–Crippen MR) is 44.3 cm³/mol. The van der Waals surface area contributed by atoms with Crippen LogP contribution in [0.3, 0.4) is 0 Å². The highest BCUT2D eigenvalue weighted by atomic mass is 33.1. The second-order valence-electron chi connectivity index (χ2n) is 1.70. The Morgan fingerprint density at radius 2 is 2.38 bits per heavy atom. The highest BCUT2D eigenvalue weighted by molar-refractivity contribution is 8.68. The lowest BCUT2D eigenvalue weighted by molar-refractivity contribution is 0.673. The first-order valence-corrected chi connectivity index (χ1v) is 4.78. The second-order valence-corrected chi connectivity index (χ2v) is 3.25. The fourth-order valence-corrected chi connectivity index (χ4v) is 0.801. The summed E-state index contributed by atoms with van der Waals surface area (Å²) in [6, 6.07) is 0. The van der Waals surface area contributed by atoms with Gasteiger partial charge in [-0.15, -0.1) is 11.7 Å². The van der Waals surface area contributed by atoms with Gasteiger partial charge in [0.1, 0.15) is 0 Å². The van der Waals surface area contributed by atoms with Crippen molar-refractivity contribution < 1.29 is 0 Å². The molecular formula is C5H13NS2. The first-order chi connectivity index (χ1) is 3.81. The van der Waals surface area contributed by atoms with Crippen LogP contribution in [0.15, 0.2) is 0 Å². The zero-order valence-corrected chi connectivity index (χ0v) is 7.06. The van der Waals surface area contributed by atoms with Gasteiger partial charge in [-0.25, -0.2) is 0 Å². The molecule has 0 aliphatic heterocycles.